The lowest BCUT2D eigenvalue weighted by Crippen LogP contribution is -2.36. The van der Waals surface area contributed by atoms with E-state index in [9.17, 15) is 14.0 Å². The first-order chi connectivity index (χ1) is 14.9. The number of hydrogen-bond donors (Lipinski definition) is 1. The van der Waals surface area contributed by atoms with Crippen LogP contribution in [-0.4, -0.2) is 49.6 Å². The minimum atomic E-state index is -0.588. The van der Waals surface area contributed by atoms with Crippen LogP contribution >= 0.6 is 0 Å². The molecule has 0 fully saturated rings. The van der Waals surface area contributed by atoms with Gasteiger partial charge in [-0.2, -0.15) is 5.10 Å². The third kappa shape index (κ3) is 6.43. The first-order valence-corrected chi connectivity index (χ1v) is 10.0. The Morgan fingerprint density at radius 2 is 2.10 bits per heavy atom. The molecule has 0 aliphatic rings. The van der Waals surface area contributed by atoms with Crippen LogP contribution in [0.5, 0.6) is 0 Å². The van der Waals surface area contributed by atoms with E-state index in [1.807, 2.05) is 25.1 Å². The predicted molar refractivity (Wildman–Crippen MR) is 114 cm³/mol. The average molecular weight is 424 g/mol. The maximum absolute atomic E-state index is 14.1. The molecule has 3 aromatic rings. The first-order valence-electron chi connectivity index (χ1n) is 10.0. The second kappa shape index (κ2) is 10.4. The molecule has 0 aliphatic heterocycles. The van der Waals surface area contributed by atoms with Crippen LogP contribution in [-0.2, 0) is 17.8 Å². The largest absolute Gasteiger partial charge is 0.339 e. The van der Waals surface area contributed by atoms with Crippen molar-refractivity contribution < 1.29 is 14.0 Å². The van der Waals surface area contributed by atoms with Gasteiger partial charge in [-0.05, 0) is 43.7 Å². The van der Waals surface area contributed by atoms with E-state index in [2.05, 4.69) is 20.4 Å². The quantitative estimate of drug-likeness (QED) is 0.570. The summed E-state index contributed by atoms with van der Waals surface area (Å²) in [6.07, 6.45) is 6.09. The molecule has 162 valence electrons. The number of nitrogens with zero attached hydrogens (tertiary/aromatic N) is 5. The molecule has 2 amide bonds. The third-order valence-electron chi connectivity index (χ3n) is 4.90. The summed E-state index contributed by atoms with van der Waals surface area (Å²) in [5, 5.41) is 6.64. The van der Waals surface area contributed by atoms with Crippen LogP contribution < -0.4 is 5.32 Å². The van der Waals surface area contributed by atoms with Gasteiger partial charge < -0.3 is 10.2 Å². The van der Waals surface area contributed by atoms with E-state index < -0.39 is 5.82 Å². The molecule has 1 atom stereocenters. The van der Waals surface area contributed by atoms with Crippen molar-refractivity contribution in [3.63, 3.8) is 0 Å². The highest BCUT2D eigenvalue weighted by molar-refractivity contribution is 5.97. The third-order valence-corrected chi connectivity index (χ3v) is 4.90. The van der Waals surface area contributed by atoms with Gasteiger partial charge in [0.1, 0.15) is 18.5 Å². The van der Waals surface area contributed by atoms with Crippen molar-refractivity contribution in [3.05, 3.63) is 72.3 Å². The van der Waals surface area contributed by atoms with E-state index in [-0.39, 0.29) is 35.5 Å². The molecule has 0 saturated carbocycles. The predicted octanol–water partition coefficient (Wildman–Crippen LogP) is 2.93. The number of aryl methyl sites for hydroxylation is 1. The molecule has 2 heterocycles. The molecule has 0 saturated heterocycles. The Labute approximate surface area is 180 Å². The zero-order chi connectivity index (χ0) is 22.2. The van der Waals surface area contributed by atoms with E-state index in [1.165, 1.54) is 24.5 Å². The summed E-state index contributed by atoms with van der Waals surface area (Å²) in [5.41, 5.74) is 1.29. The number of benzene rings is 1. The normalized spacial score (nSPS) is 11.7. The van der Waals surface area contributed by atoms with Crippen molar-refractivity contribution in [1.82, 2.24) is 24.6 Å². The van der Waals surface area contributed by atoms with Gasteiger partial charge in [-0.15, -0.1) is 0 Å². The van der Waals surface area contributed by atoms with Gasteiger partial charge in [0.15, 0.2) is 0 Å². The number of likely N-dealkylation sites (N-methyl/N-ethyl adjacent to an activating group) is 1. The number of rotatable bonds is 9. The maximum Gasteiger partial charge on any atom is 0.254 e. The Balaban J connectivity index is 1.59. The summed E-state index contributed by atoms with van der Waals surface area (Å²) in [7, 11) is 1.67. The summed E-state index contributed by atoms with van der Waals surface area (Å²) in [5.74, 6) is -1.18. The number of carbonyl (C=O) groups is 2. The van der Waals surface area contributed by atoms with E-state index >= 15 is 0 Å². The van der Waals surface area contributed by atoms with Gasteiger partial charge in [0.05, 0.1) is 0 Å². The van der Waals surface area contributed by atoms with E-state index in [0.717, 1.165) is 5.69 Å². The lowest BCUT2D eigenvalue weighted by molar-refractivity contribution is -0.116. The number of aromatic nitrogens is 4. The Bertz CT molecular complexity index is 1010. The number of anilines is 1. The molecule has 0 radical (unpaired) electrons. The lowest BCUT2D eigenvalue weighted by Gasteiger charge is -2.25. The SMILES string of the molecule is CC(Cc1ccccn1)N(C)C(=O)c1cc(F)cc(NC(=O)CCCn2cncn2)c1. The van der Waals surface area contributed by atoms with Crippen LogP contribution in [0.25, 0.3) is 0 Å². The molecule has 31 heavy (non-hydrogen) atoms. The Morgan fingerprint density at radius 1 is 1.26 bits per heavy atom. The topological polar surface area (TPSA) is 93.0 Å². The highest BCUT2D eigenvalue weighted by Crippen LogP contribution is 2.18. The van der Waals surface area contributed by atoms with Crippen molar-refractivity contribution in [2.45, 2.75) is 38.8 Å². The fraction of sp³-hybridized carbons (Fsp3) is 0.318. The molecule has 1 unspecified atom stereocenters. The maximum atomic E-state index is 14.1. The van der Waals surface area contributed by atoms with Gasteiger partial charge in [-0.1, -0.05) is 6.07 Å². The van der Waals surface area contributed by atoms with Crippen molar-refractivity contribution in [2.24, 2.45) is 0 Å². The average Bonchev–Trinajstić information content (AvgIpc) is 3.26. The molecule has 2 aromatic heterocycles. The van der Waals surface area contributed by atoms with Crippen LogP contribution in [0.1, 0.15) is 35.8 Å². The summed E-state index contributed by atoms with van der Waals surface area (Å²) in [6, 6.07) is 9.35. The van der Waals surface area contributed by atoms with E-state index in [1.54, 1.807) is 29.2 Å². The molecule has 1 N–H and O–H groups in total. The van der Waals surface area contributed by atoms with E-state index in [0.29, 0.717) is 19.4 Å². The van der Waals surface area contributed by atoms with Crippen molar-refractivity contribution in [2.75, 3.05) is 12.4 Å². The molecule has 0 bridgehead atoms. The van der Waals surface area contributed by atoms with Crippen molar-refractivity contribution >= 4 is 17.5 Å². The van der Waals surface area contributed by atoms with Crippen LogP contribution in [0.15, 0.2) is 55.2 Å². The molecule has 9 heteroatoms. The van der Waals surface area contributed by atoms with Crippen LogP contribution in [0, 0.1) is 5.82 Å². The van der Waals surface area contributed by atoms with Crippen molar-refractivity contribution in [1.29, 1.82) is 0 Å². The molecule has 0 spiro atoms. The first kappa shape index (κ1) is 22.1. The second-order valence-corrected chi connectivity index (χ2v) is 7.33. The lowest BCUT2D eigenvalue weighted by atomic mass is 10.1. The number of carbonyl (C=O) groups excluding carboxylic acids is 2. The van der Waals surface area contributed by atoms with Gasteiger partial charge in [0.2, 0.25) is 5.91 Å². The van der Waals surface area contributed by atoms with Crippen molar-refractivity contribution in [3.8, 4) is 0 Å². The molecule has 8 nitrogen and oxygen atoms in total. The summed E-state index contributed by atoms with van der Waals surface area (Å²) in [4.78, 5) is 34.8. The fourth-order valence-corrected chi connectivity index (χ4v) is 3.12. The van der Waals surface area contributed by atoms with Crippen LogP contribution in [0.4, 0.5) is 10.1 Å². The smallest absolute Gasteiger partial charge is 0.254 e. The van der Waals surface area contributed by atoms with Gasteiger partial charge in [-0.25, -0.2) is 9.37 Å². The summed E-state index contributed by atoms with van der Waals surface area (Å²) < 4.78 is 15.8. The minimum absolute atomic E-state index is 0.138. The molecule has 3 rings (SSSR count). The van der Waals surface area contributed by atoms with Gasteiger partial charge in [0, 0.05) is 55.6 Å². The standard InChI is InChI=1S/C22H25FN6O2/c1-16(10-19-6-3-4-8-25-19)28(2)22(31)17-11-18(23)13-20(12-17)27-21(30)7-5-9-29-15-24-14-26-29/h3-4,6,8,11-16H,5,7,9-10H2,1-2H3,(H,27,30). The zero-order valence-electron chi connectivity index (χ0n) is 17.5. The molecular weight excluding hydrogens is 399 g/mol. The summed E-state index contributed by atoms with van der Waals surface area (Å²) >= 11 is 0. The second-order valence-electron chi connectivity index (χ2n) is 7.33. The Kier molecular flexibility index (Phi) is 7.42. The monoisotopic (exact) mass is 424 g/mol. The van der Waals surface area contributed by atoms with Crippen LogP contribution in [0.2, 0.25) is 0 Å². The number of pyridine rings is 1. The number of amides is 2. The van der Waals surface area contributed by atoms with E-state index in [4.69, 9.17) is 0 Å². The molecular formula is C22H25FN6O2. The minimum Gasteiger partial charge on any atom is -0.339 e. The number of hydrogen-bond acceptors (Lipinski definition) is 5. The summed E-state index contributed by atoms with van der Waals surface area (Å²) in [6.45, 7) is 2.46. The fourth-order valence-electron chi connectivity index (χ4n) is 3.12. The van der Waals surface area contributed by atoms with Gasteiger partial charge in [0.25, 0.3) is 5.91 Å². The van der Waals surface area contributed by atoms with Gasteiger partial charge >= 0.3 is 0 Å². The number of halogens is 1. The highest BCUT2D eigenvalue weighted by Gasteiger charge is 2.20. The zero-order valence-corrected chi connectivity index (χ0v) is 17.5. The van der Waals surface area contributed by atoms with Gasteiger partial charge in [-0.3, -0.25) is 19.3 Å². The highest BCUT2D eigenvalue weighted by atomic mass is 19.1. The Hall–Kier alpha value is -3.62. The number of nitrogens with one attached hydrogen (secondary N) is 1. The Morgan fingerprint density at radius 3 is 2.81 bits per heavy atom. The molecule has 0 aliphatic carbocycles. The van der Waals surface area contributed by atoms with Crippen LogP contribution in [0.3, 0.4) is 0 Å². The molecule has 1 aromatic carbocycles.